The maximum atomic E-state index is 3.55. The summed E-state index contributed by atoms with van der Waals surface area (Å²) in [5, 5.41) is 7.01. The normalized spacial score (nSPS) is 29.9. The van der Waals surface area contributed by atoms with Crippen molar-refractivity contribution in [1.29, 1.82) is 0 Å². The molecule has 2 N–H and O–H groups in total. The van der Waals surface area contributed by atoms with Gasteiger partial charge in [-0.15, -0.1) is 0 Å². The number of nitrogens with one attached hydrogen (secondary N) is 2. The van der Waals surface area contributed by atoms with E-state index in [4.69, 9.17) is 0 Å². The minimum absolute atomic E-state index is 0.756. The van der Waals surface area contributed by atoms with Gasteiger partial charge in [0.15, 0.2) is 0 Å². The van der Waals surface area contributed by atoms with Crippen LogP contribution in [0.15, 0.2) is 12.1 Å². The summed E-state index contributed by atoms with van der Waals surface area (Å²) in [6.45, 7) is 3.28. The van der Waals surface area contributed by atoms with Crippen LogP contribution in [0, 0.1) is 0 Å². The Morgan fingerprint density at radius 3 is 2.75 bits per heavy atom. The van der Waals surface area contributed by atoms with Gasteiger partial charge in [0.25, 0.3) is 0 Å². The standard InChI is InChI=1S/C13H17N3/c1-16-7-15-12-3-10-8-2-9(6-14-5-8)11(10)4-13(12)16/h3-4,8-9,14-15H,2,5-7H2,1H3. The third-order valence-electron chi connectivity index (χ3n) is 4.35. The van der Waals surface area contributed by atoms with E-state index >= 15 is 0 Å². The van der Waals surface area contributed by atoms with Crippen molar-refractivity contribution in [2.45, 2.75) is 18.3 Å². The summed E-state index contributed by atoms with van der Waals surface area (Å²) in [5.74, 6) is 1.51. The second-order valence-electron chi connectivity index (χ2n) is 5.32. The summed E-state index contributed by atoms with van der Waals surface area (Å²) >= 11 is 0. The predicted molar refractivity (Wildman–Crippen MR) is 66.3 cm³/mol. The van der Waals surface area contributed by atoms with Gasteiger partial charge in [-0.05, 0) is 41.5 Å². The zero-order valence-electron chi connectivity index (χ0n) is 9.59. The molecule has 2 atom stereocenters. The Kier molecular flexibility index (Phi) is 1.62. The number of benzene rings is 1. The second-order valence-corrected chi connectivity index (χ2v) is 5.32. The molecule has 0 aromatic heterocycles. The summed E-state index contributed by atoms with van der Waals surface area (Å²) in [4.78, 5) is 2.30. The molecule has 2 heterocycles. The van der Waals surface area contributed by atoms with Gasteiger partial charge in [-0.25, -0.2) is 0 Å². The molecule has 1 aliphatic carbocycles. The van der Waals surface area contributed by atoms with Gasteiger partial charge in [0.1, 0.15) is 0 Å². The Labute approximate surface area is 95.8 Å². The Bertz CT molecular complexity index is 455. The first-order valence-electron chi connectivity index (χ1n) is 6.16. The summed E-state index contributed by atoms with van der Waals surface area (Å²) in [6, 6.07) is 4.81. The zero-order valence-corrected chi connectivity index (χ0v) is 9.59. The molecule has 2 aliphatic heterocycles. The molecule has 0 saturated carbocycles. The molecule has 1 saturated heterocycles. The maximum Gasteiger partial charge on any atom is 0.0874 e. The highest BCUT2D eigenvalue weighted by molar-refractivity contribution is 5.77. The first-order valence-corrected chi connectivity index (χ1v) is 6.16. The zero-order chi connectivity index (χ0) is 10.7. The molecule has 4 rings (SSSR count). The summed E-state index contributed by atoms with van der Waals surface area (Å²) in [6.07, 6.45) is 1.36. The Hall–Kier alpha value is -1.22. The van der Waals surface area contributed by atoms with Crippen molar-refractivity contribution >= 4 is 11.4 Å². The molecule has 16 heavy (non-hydrogen) atoms. The fourth-order valence-electron chi connectivity index (χ4n) is 3.49. The first kappa shape index (κ1) is 8.88. The van der Waals surface area contributed by atoms with Gasteiger partial charge < -0.3 is 15.5 Å². The number of hydrogen-bond donors (Lipinski definition) is 2. The quantitative estimate of drug-likeness (QED) is 0.689. The van der Waals surface area contributed by atoms with Gasteiger partial charge in [0, 0.05) is 20.1 Å². The maximum absolute atomic E-state index is 3.55. The summed E-state index contributed by atoms with van der Waals surface area (Å²) in [5.41, 5.74) is 5.90. The number of fused-ring (bicyclic) bond motifs is 6. The first-order chi connectivity index (χ1) is 7.83. The minimum Gasteiger partial charge on any atom is -0.366 e. The highest BCUT2D eigenvalue weighted by Gasteiger charge is 2.35. The molecule has 2 bridgehead atoms. The molecule has 0 amide bonds. The third-order valence-corrected chi connectivity index (χ3v) is 4.35. The van der Waals surface area contributed by atoms with E-state index < -0.39 is 0 Å². The van der Waals surface area contributed by atoms with Crippen LogP contribution in [0.3, 0.4) is 0 Å². The highest BCUT2D eigenvalue weighted by Crippen LogP contribution is 2.47. The van der Waals surface area contributed by atoms with Gasteiger partial charge in [0.2, 0.25) is 0 Å². The van der Waals surface area contributed by atoms with Crippen LogP contribution in [0.2, 0.25) is 0 Å². The number of piperidine rings is 1. The molecule has 0 radical (unpaired) electrons. The summed E-state index contributed by atoms with van der Waals surface area (Å²) in [7, 11) is 2.16. The fourth-order valence-corrected chi connectivity index (χ4v) is 3.49. The second kappa shape index (κ2) is 2.92. The van der Waals surface area contributed by atoms with Crippen LogP contribution in [0.4, 0.5) is 11.4 Å². The molecule has 1 fully saturated rings. The lowest BCUT2D eigenvalue weighted by atomic mass is 9.98. The number of hydrogen-bond acceptors (Lipinski definition) is 3. The van der Waals surface area contributed by atoms with E-state index in [0.717, 1.165) is 25.0 Å². The van der Waals surface area contributed by atoms with Gasteiger partial charge in [-0.3, -0.25) is 0 Å². The van der Waals surface area contributed by atoms with E-state index in [9.17, 15) is 0 Å². The number of nitrogens with zero attached hydrogens (tertiary/aromatic N) is 1. The topological polar surface area (TPSA) is 27.3 Å². The van der Waals surface area contributed by atoms with Crippen molar-refractivity contribution in [2.24, 2.45) is 0 Å². The molecule has 3 heteroatoms. The van der Waals surface area contributed by atoms with Gasteiger partial charge in [0.05, 0.1) is 18.0 Å². The van der Waals surface area contributed by atoms with Gasteiger partial charge in [-0.2, -0.15) is 0 Å². The van der Waals surface area contributed by atoms with Crippen LogP contribution in [0.25, 0.3) is 0 Å². The highest BCUT2D eigenvalue weighted by atomic mass is 15.3. The van der Waals surface area contributed by atoms with Crippen LogP contribution in [0.5, 0.6) is 0 Å². The van der Waals surface area contributed by atoms with Crippen LogP contribution in [-0.2, 0) is 0 Å². The lowest BCUT2D eigenvalue weighted by molar-refractivity contribution is 0.454. The molecule has 2 unspecified atom stereocenters. The fraction of sp³-hybridized carbons (Fsp3) is 0.538. The average Bonchev–Trinajstić information content (AvgIpc) is 2.79. The molecule has 1 aromatic carbocycles. The van der Waals surface area contributed by atoms with Crippen molar-refractivity contribution in [2.75, 3.05) is 37.0 Å². The SMILES string of the molecule is CN1CNc2cc3c(cc21)C1CNCC3C1. The Morgan fingerprint density at radius 2 is 1.94 bits per heavy atom. The van der Waals surface area contributed by atoms with E-state index in [1.54, 1.807) is 11.1 Å². The molecule has 1 aromatic rings. The minimum atomic E-state index is 0.756. The van der Waals surface area contributed by atoms with Crippen LogP contribution < -0.4 is 15.5 Å². The van der Waals surface area contributed by atoms with Gasteiger partial charge in [-0.1, -0.05) is 0 Å². The molecule has 0 spiro atoms. The van der Waals surface area contributed by atoms with E-state index in [2.05, 4.69) is 34.7 Å². The molecule has 84 valence electrons. The smallest absolute Gasteiger partial charge is 0.0874 e. The lowest BCUT2D eigenvalue weighted by Crippen LogP contribution is -2.28. The third kappa shape index (κ3) is 1.02. The van der Waals surface area contributed by atoms with E-state index in [0.29, 0.717) is 0 Å². The molecular formula is C13H17N3. The van der Waals surface area contributed by atoms with Crippen LogP contribution >= 0.6 is 0 Å². The average molecular weight is 215 g/mol. The Morgan fingerprint density at radius 1 is 1.19 bits per heavy atom. The van der Waals surface area contributed by atoms with Crippen molar-refractivity contribution in [3.05, 3.63) is 23.3 Å². The van der Waals surface area contributed by atoms with Crippen molar-refractivity contribution in [1.82, 2.24) is 5.32 Å². The lowest BCUT2D eigenvalue weighted by Gasteiger charge is -2.20. The van der Waals surface area contributed by atoms with Crippen molar-refractivity contribution in [3.8, 4) is 0 Å². The molecular weight excluding hydrogens is 198 g/mol. The van der Waals surface area contributed by atoms with Crippen molar-refractivity contribution < 1.29 is 0 Å². The number of rotatable bonds is 0. The number of anilines is 2. The van der Waals surface area contributed by atoms with Gasteiger partial charge >= 0.3 is 0 Å². The van der Waals surface area contributed by atoms with Crippen molar-refractivity contribution in [3.63, 3.8) is 0 Å². The van der Waals surface area contributed by atoms with Crippen LogP contribution in [-0.4, -0.2) is 26.8 Å². The Balaban J connectivity index is 1.89. The molecule has 3 nitrogen and oxygen atoms in total. The van der Waals surface area contributed by atoms with Crippen LogP contribution in [0.1, 0.15) is 29.4 Å². The predicted octanol–water partition coefficient (Wildman–Crippen LogP) is 1.68. The largest absolute Gasteiger partial charge is 0.366 e. The molecule has 3 aliphatic rings. The van der Waals surface area contributed by atoms with E-state index in [1.807, 2.05) is 0 Å². The van der Waals surface area contributed by atoms with E-state index in [-0.39, 0.29) is 0 Å². The summed E-state index contributed by atoms with van der Waals surface area (Å²) < 4.78 is 0. The monoisotopic (exact) mass is 215 g/mol. The van der Waals surface area contributed by atoms with E-state index in [1.165, 1.54) is 24.3 Å².